The van der Waals surface area contributed by atoms with E-state index < -0.39 is 17.8 Å². The number of rotatable bonds is 2. The first kappa shape index (κ1) is 18.3. The Morgan fingerprint density at radius 2 is 1.89 bits per heavy atom. The molecule has 2 aliphatic rings. The van der Waals surface area contributed by atoms with Gasteiger partial charge in [0.05, 0.1) is 10.2 Å². The van der Waals surface area contributed by atoms with Crippen LogP contribution >= 0.6 is 27.5 Å². The predicted molar refractivity (Wildman–Crippen MR) is 102 cm³/mol. The van der Waals surface area contributed by atoms with E-state index >= 15 is 0 Å². The fraction of sp³-hybridized carbons (Fsp3) is 0.0556. The normalized spacial score (nSPS) is 17.3. The molecule has 0 unspecified atom stereocenters. The van der Waals surface area contributed by atoms with Crippen molar-refractivity contribution in [3.05, 3.63) is 51.0 Å². The fourth-order valence-electron chi connectivity index (χ4n) is 2.77. The third-order valence-corrected chi connectivity index (χ3v) is 4.90. The molecule has 1 fully saturated rings. The zero-order valence-corrected chi connectivity index (χ0v) is 16.2. The number of anilines is 1. The number of fused-ring (bicyclic) bond motifs is 1. The molecule has 0 atom stereocenters. The number of aromatic hydroxyl groups is 1. The molecule has 0 aliphatic carbocycles. The summed E-state index contributed by atoms with van der Waals surface area (Å²) >= 11 is 9.11. The summed E-state index contributed by atoms with van der Waals surface area (Å²) in [5.74, 6) is -1.10. The molecule has 2 aliphatic heterocycles. The number of barbiturate groups is 1. The van der Waals surface area contributed by atoms with Gasteiger partial charge < -0.3 is 14.6 Å². The monoisotopic (exact) mass is 464 g/mol. The van der Waals surface area contributed by atoms with Crippen molar-refractivity contribution in [3.63, 3.8) is 0 Å². The molecule has 2 aromatic rings. The van der Waals surface area contributed by atoms with Crippen LogP contribution in [0.15, 0.2) is 40.4 Å². The van der Waals surface area contributed by atoms with Crippen molar-refractivity contribution in [1.82, 2.24) is 5.32 Å². The van der Waals surface area contributed by atoms with Crippen LogP contribution in [-0.2, 0) is 9.59 Å². The van der Waals surface area contributed by atoms with Gasteiger partial charge in [-0.2, -0.15) is 0 Å². The van der Waals surface area contributed by atoms with Crippen LogP contribution in [0, 0.1) is 0 Å². The van der Waals surface area contributed by atoms with Crippen LogP contribution in [0.1, 0.15) is 5.56 Å². The summed E-state index contributed by atoms with van der Waals surface area (Å²) in [6.07, 6.45) is 1.16. The van der Waals surface area contributed by atoms with E-state index in [0.717, 1.165) is 11.0 Å². The van der Waals surface area contributed by atoms with Crippen molar-refractivity contribution in [2.45, 2.75) is 0 Å². The summed E-state index contributed by atoms with van der Waals surface area (Å²) in [5, 5.41) is 12.5. The Labute approximate surface area is 171 Å². The van der Waals surface area contributed by atoms with Crippen molar-refractivity contribution in [3.8, 4) is 17.2 Å². The molecule has 1 saturated heterocycles. The smallest absolute Gasteiger partial charge is 0.335 e. The number of amides is 4. The Bertz CT molecular complexity index is 1080. The molecule has 10 heteroatoms. The number of carbonyl (C=O) groups excluding carboxylic acids is 3. The van der Waals surface area contributed by atoms with Gasteiger partial charge in [-0.3, -0.25) is 14.9 Å². The maximum absolute atomic E-state index is 12.9. The minimum absolute atomic E-state index is 0.0332. The first-order chi connectivity index (χ1) is 13.3. The number of benzene rings is 2. The number of carbonyl (C=O) groups is 3. The lowest BCUT2D eigenvalue weighted by atomic mass is 10.1. The SMILES string of the molecule is O=C1NC(=O)N(c2ccc3c(c2)OCO3)C(=O)/C1=C/c1cc(Cl)cc(Br)c1O. The Morgan fingerprint density at radius 3 is 2.68 bits per heavy atom. The third kappa shape index (κ3) is 3.08. The zero-order chi connectivity index (χ0) is 20.0. The summed E-state index contributed by atoms with van der Waals surface area (Å²) in [5.41, 5.74) is -0.0127. The number of ether oxygens (including phenoxy) is 2. The van der Waals surface area contributed by atoms with Gasteiger partial charge in [0, 0.05) is 16.7 Å². The lowest BCUT2D eigenvalue weighted by molar-refractivity contribution is -0.122. The van der Waals surface area contributed by atoms with Crippen molar-refractivity contribution >= 4 is 57.1 Å². The first-order valence-electron chi connectivity index (χ1n) is 7.84. The molecule has 0 saturated carbocycles. The molecular formula is C18H10BrClN2O6. The lowest BCUT2D eigenvalue weighted by Gasteiger charge is -2.26. The number of nitrogens with one attached hydrogen (secondary N) is 1. The Morgan fingerprint density at radius 1 is 1.14 bits per heavy atom. The second-order valence-corrected chi connectivity index (χ2v) is 7.11. The topological polar surface area (TPSA) is 105 Å². The Balaban J connectivity index is 1.77. The summed E-state index contributed by atoms with van der Waals surface area (Å²) in [4.78, 5) is 38.2. The van der Waals surface area contributed by atoms with Crippen LogP contribution < -0.4 is 19.7 Å². The fourth-order valence-corrected chi connectivity index (χ4v) is 3.60. The maximum Gasteiger partial charge on any atom is 0.335 e. The van der Waals surface area contributed by atoms with E-state index in [1.54, 1.807) is 6.07 Å². The molecule has 0 spiro atoms. The van der Waals surface area contributed by atoms with E-state index in [1.165, 1.54) is 24.3 Å². The van der Waals surface area contributed by atoms with E-state index in [1.807, 2.05) is 0 Å². The highest BCUT2D eigenvalue weighted by molar-refractivity contribution is 9.10. The molecule has 8 nitrogen and oxygen atoms in total. The second kappa shape index (κ2) is 6.84. The number of urea groups is 1. The predicted octanol–water partition coefficient (Wildman–Crippen LogP) is 3.20. The van der Waals surface area contributed by atoms with Gasteiger partial charge in [-0.15, -0.1) is 0 Å². The van der Waals surface area contributed by atoms with Gasteiger partial charge in [0.25, 0.3) is 11.8 Å². The maximum atomic E-state index is 12.9. The van der Waals surface area contributed by atoms with Crippen molar-refractivity contribution in [1.29, 1.82) is 0 Å². The standard InChI is InChI=1S/C18H10BrClN2O6/c19-12-5-9(20)3-8(15(12)23)4-11-16(24)21-18(26)22(17(11)25)10-1-2-13-14(6-10)28-7-27-13/h1-6,23H,7H2,(H,21,24,26)/b11-4+. The molecule has 0 radical (unpaired) electrons. The third-order valence-electron chi connectivity index (χ3n) is 4.07. The van der Waals surface area contributed by atoms with Gasteiger partial charge in [-0.25, -0.2) is 9.69 Å². The average molecular weight is 466 g/mol. The molecule has 0 aromatic heterocycles. The Hall–Kier alpha value is -3.04. The summed E-state index contributed by atoms with van der Waals surface area (Å²) in [7, 11) is 0. The highest BCUT2D eigenvalue weighted by atomic mass is 79.9. The van der Waals surface area contributed by atoms with Crippen LogP contribution in [-0.4, -0.2) is 29.7 Å². The molecule has 2 aromatic carbocycles. The van der Waals surface area contributed by atoms with Gasteiger partial charge in [-0.05, 0) is 46.3 Å². The van der Waals surface area contributed by atoms with Crippen LogP contribution in [0.2, 0.25) is 5.02 Å². The van der Waals surface area contributed by atoms with Crippen LogP contribution in [0.4, 0.5) is 10.5 Å². The number of hydrogen-bond donors (Lipinski definition) is 2. The van der Waals surface area contributed by atoms with Gasteiger partial charge in [0.1, 0.15) is 11.3 Å². The minimum Gasteiger partial charge on any atom is -0.506 e. The van der Waals surface area contributed by atoms with Crippen molar-refractivity contribution in [2.24, 2.45) is 0 Å². The summed E-state index contributed by atoms with van der Waals surface area (Å²) < 4.78 is 10.8. The van der Waals surface area contributed by atoms with Gasteiger partial charge in [0.15, 0.2) is 11.5 Å². The average Bonchev–Trinajstić information content (AvgIpc) is 3.10. The highest BCUT2D eigenvalue weighted by Gasteiger charge is 2.37. The molecule has 4 amide bonds. The highest BCUT2D eigenvalue weighted by Crippen LogP contribution is 2.37. The molecule has 2 heterocycles. The molecule has 142 valence electrons. The van der Waals surface area contributed by atoms with E-state index in [9.17, 15) is 19.5 Å². The van der Waals surface area contributed by atoms with Crippen LogP contribution in [0.5, 0.6) is 17.2 Å². The molecular weight excluding hydrogens is 456 g/mol. The zero-order valence-electron chi connectivity index (χ0n) is 13.9. The minimum atomic E-state index is -0.900. The quantitative estimate of drug-likeness (QED) is 0.521. The molecule has 28 heavy (non-hydrogen) atoms. The number of halogens is 2. The van der Waals surface area contributed by atoms with Gasteiger partial charge in [-0.1, -0.05) is 11.6 Å². The molecule has 4 rings (SSSR count). The summed E-state index contributed by atoms with van der Waals surface area (Å²) in [6.45, 7) is 0.0332. The number of phenolic OH excluding ortho intramolecular Hbond substituents is 1. The summed E-state index contributed by atoms with van der Waals surface area (Å²) in [6, 6.07) is 6.45. The van der Waals surface area contributed by atoms with Crippen LogP contribution in [0.25, 0.3) is 6.08 Å². The van der Waals surface area contributed by atoms with Crippen molar-refractivity contribution < 1.29 is 29.0 Å². The number of hydrogen-bond acceptors (Lipinski definition) is 6. The van der Waals surface area contributed by atoms with E-state index in [4.69, 9.17) is 21.1 Å². The molecule has 0 bridgehead atoms. The number of imide groups is 2. The Kier molecular flexibility index (Phi) is 4.48. The van der Waals surface area contributed by atoms with Crippen LogP contribution in [0.3, 0.4) is 0 Å². The number of nitrogens with zero attached hydrogens (tertiary/aromatic N) is 1. The second-order valence-electron chi connectivity index (χ2n) is 5.82. The number of phenols is 1. The van der Waals surface area contributed by atoms with Gasteiger partial charge >= 0.3 is 6.03 Å². The lowest BCUT2D eigenvalue weighted by Crippen LogP contribution is -2.54. The first-order valence-corrected chi connectivity index (χ1v) is 9.01. The van der Waals surface area contributed by atoms with E-state index in [2.05, 4.69) is 21.2 Å². The van der Waals surface area contributed by atoms with E-state index in [-0.39, 0.29) is 34.4 Å². The van der Waals surface area contributed by atoms with E-state index in [0.29, 0.717) is 16.0 Å². The van der Waals surface area contributed by atoms with Gasteiger partial charge in [0.2, 0.25) is 6.79 Å². The molecule has 2 N–H and O–H groups in total. The largest absolute Gasteiger partial charge is 0.506 e. The van der Waals surface area contributed by atoms with Crippen molar-refractivity contribution in [2.75, 3.05) is 11.7 Å².